The zero-order chi connectivity index (χ0) is 13.3. The Hall–Kier alpha value is -1.83. The van der Waals surface area contributed by atoms with Gasteiger partial charge in [-0.25, -0.2) is 4.79 Å². The van der Waals surface area contributed by atoms with Gasteiger partial charge in [-0.2, -0.15) is 8.42 Å². The fourth-order valence-corrected chi connectivity index (χ4v) is 2.19. The largest absolute Gasteiger partial charge is 0.488 e. The van der Waals surface area contributed by atoms with Gasteiger partial charge in [-0.15, -0.1) is 0 Å². The first-order chi connectivity index (χ1) is 8.40. The number of fused-ring (bicyclic) bond motifs is 1. The van der Waals surface area contributed by atoms with Crippen LogP contribution in [0.5, 0.6) is 5.75 Å². The summed E-state index contributed by atoms with van der Waals surface area (Å²) in [7, 11) is -3.84. The SMILES string of the molecule is COC(=O)C1Cc2c(cccc2OS(=O)(=O)F)N1. The molecule has 18 heavy (non-hydrogen) atoms. The van der Waals surface area contributed by atoms with E-state index in [2.05, 4.69) is 14.2 Å². The van der Waals surface area contributed by atoms with Crippen LogP contribution >= 0.6 is 0 Å². The predicted molar refractivity (Wildman–Crippen MR) is 60.2 cm³/mol. The zero-order valence-corrected chi connectivity index (χ0v) is 10.2. The van der Waals surface area contributed by atoms with Gasteiger partial charge in [0.15, 0.2) is 5.75 Å². The summed E-state index contributed by atoms with van der Waals surface area (Å²) >= 11 is 0. The minimum Gasteiger partial charge on any atom is -0.467 e. The number of nitrogens with one attached hydrogen (secondary N) is 1. The van der Waals surface area contributed by atoms with Gasteiger partial charge in [0.05, 0.1) is 7.11 Å². The minimum absolute atomic E-state index is 0.131. The third kappa shape index (κ3) is 2.53. The minimum atomic E-state index is -5.09. The number of rotatable bonds is 3. The Morgan fingerprint density at radius 1 is 1.50 bits per heavy atom. The van der Waals surface area contributed by atoms with E-state index in [4.69, 9.17) is 0 Å². The first-order valence-electron chi connectivity index (χ1n) is 5.01. The van der Waals surface area contributed by atoms with Crippen molar-refractivity contribution in [1.82, 2.24) is 0 Å². The van der Waals surface area contributed by atoms with Gasteiger partial charge in [0.1, 0.15) is 6.04 Å². The fraction of sp³-hybridized carbons (Fsp3) is 0.300. The second-order valence-electron chi connectivity index (χ2n) is 3.68. The molecule has 0 aromatic heterocycles. The van der Waals surface area contributed by atoms with Crippen LogP contribution in [0.3, 0.4) is 0 Å². The number of ether oxygens (including phenoxy) is 1. The third-order valence-electron chi connectivity index (χ3n) is 2.55. The lowest BCUT2D eigenvalue weighted by Crippen LogP contribution is -2.27. The maximum absolute atomic E-state index is 12.5. The molecule has 0 amide bonds. The quantitative estimate of drug-likeness (QED) is 0.648. The molecule has 0 aliphatic carbocycles. The van der Waals surface area contributed by atoms with Gasteiger partial charge in [0.2, 0.25) is 0 Å². The molecule has 0 saturated heterocycles. The number of halogens is 1. The van der Waals surface area contributed by atoms with Crippen molar-refractivity contribution in [2.75, 3.05) is 12.4 Å². The van der Waals surface area contributed by atoms with Crippen molar-refractivity contribution in [2.24, 2.45) is 0 Å². The normalized spacial score (nSPS) is 17.8. The summed E-state index contributed by atoms with van der Waals surface area (Å²) in [5.41, 5.74) is 0.945. The standard InChI is InChI=1S/C10H10FNO5S/c1-16-10(13)8-5-6-7(12-8)3-2-4-9(6)17-18(11,14)15/h2-4,8,12H,5H2,1H3. The average Bonchev–Trinajstić information content (AvgIpc) is 2.71. The van der Waals surface area contributed by atoms with Crippen molar-refractivity contribution in [3.8, 4) is 5.75 Å². The Bertz CT molecular complexity index is 586. The van der Waals surface area contributed by atoms with Crippen molar-refractivity contribution in [3.63, 3.8) is 0 Å². The molecule has 1 aromatic rings. The van der Waals surface area contributed by atoms with Gasteiger partial charge in [0.25, 0.3) is 0 Å². The Labute approximate surface area is 103 Å². The molecule has 1 N–H and O–H groups in total. The number of hydrogen-bond donors (Lipinski definition) is 1. The lowest BCUT2D eigenvalue weighted by molar-refractivity contribution is -0.141. The molecule has 8 heteroatoms. The molecule has 1 atom stereocenters. The van der Waals surface area contributed by atoms with Gasteiger partial charge < -0.3 is 14.2 Å². The van der Waals surface area contributed by atoms with E-state index in [0.29, 0.717) is 11.3 Å². The Morgan fingerprint density at radius 2 is 2.22 bits per heavy atom. The molecule has 1 aliphatic heterocycles. The van der Waals surface area contributed by atoms with Crippen LogP contribution in [0, 0.1) is 0 Å². The van der Waals surface area contributed by atoms with Gasteiger partial charge in [0, 0.05) is 17.7 Å². The summed E-state index contributed by atoms with van der Waals surface area (Å²) in [5.74, 6) is -0.617. The molecular weight excluding hydrogens is 265 g/mol. The monoisotopic (exact) mass is 275 g/mol. The summed E-state index contributed by atoms with van der Waals surface area (Å²) < 4.78 is 42.2. The molecular formula is C10H10FNO5S. The van der Waals surface area contributed by atoms with Crippen LogP contribution in [-0.4, -0.2) is 27.5 Å². The molecule has 1 aliphatic rings. The summed E-state index contributed by atoms with van der Waals surface area (Å²) in [4.78, 5) is 11.4. The van der Waals surface area contributed by atoms with Crippen molar-refractivity contribution in [1.29, 1.82) is 0 Å². The molecule has 2 rings (SSSR count). The van der Waals surface area contributed by atoms with Crippen LogP contribution in [0.25, 0.3) is 0 Å². The van der Waals surface area contributed by atoms with E-state index in [1.807, 2.05) is 0 Å². The lowest BCUT2D eigenvalue weighted by Gasteiger charge is -2.07. The van der Waals surface area contributed by atoms with E-state index in [0.717, 1.165) is 0 Å². The van der Waals surface area contributed by atoms with Crippen molar-refractivity contribution >= 4 is 22.2 Å². The lowest BCUT2D eigenvalue weighted by atomic mass is 10.1. The highest BCUT2D eigenvalue weighted by Gasteiger charge is 2.30. The maximum Gasteiger partial charge on any atom is 0.488 e. The molecule has 0 spiro atoms. The molecule has 98 valence electrons. The maximum atomic E-state index is 12.5. The summed E-state index contributed by atoms with van der Waals surface area (Å²) in [5, 5.41) is 2.84. The molecule has 0 radical (unpaired) electrons. The van der Waals surface area contributed by atoms with Crippen LogP contribution in [-0.2, 0) is 26.5 Å². The molecule has 1 unspecified atom stereocenters. The number of benzene rings is 1. The van der Waals surface area contributed by atoms with Crippen LogP contribution < -0.4 is 9.50 Å². The van der Waals surface area contributed by atoms with Crippen molar-refractivity contribution in [2.45, 2.75) is 12.5 Å². The second-order valence-corrected chi connectivity index (χ2v) is 4.64. The van der Waals surface area contributed by atoms with Gasteiger partial charge in [-0.1, -0.05) is 9.95 Å². The van der Waals surface area contributed by atoms with E-state index >= 15 is 0 Å². The molecule has 1 heterocycles. The molecule has 0 fully saturated rings. The smallest absolute Gasteiger partial charge is 0.467 e. The first-order valence-corrected chi connectivity index (χ1v) is 6.32. The Kier molecular flexibility index (Phi) is 3.12. The van der Waals surface area contributed by atoms with E-state index in [9.17, 15) is 17.1 Å². The van der Waals surface area contributed by atoms with Crippen LogP contribution in [0.2, 0.25) is 0 Å². The molecule has 1 aromatic carbocycles. The van der Waals surface area contributed by atoms with Crippen molar-refractivity contribution in [3.05, 3.63) is 23.8 Å². The van der Waals surface area contributed by atoms with E-state index in [1.165, 1.54) is 19.2 Å². The highest BCUT2D eigenvalue weighted by Crippen LogP contribution is 2.34. The number of anilines is 1. The summed E-state index contributed by atoms with van der Waals surface area (Å²) in [6, 6.07) is 3.82. The summed E-state index contributed by atoms with van der Waals surface area (Å²) in [6.07, 6.45) is 0.174. The number of methoxy groups -OCH3 is 1. The average molecular weight is 275 g/mol. The van der Waals surface area contributed by atoms with Crippen LogP contribution in [0.4, 0.5) is 9.57 Å². The van der Waals surface area contributed by atoms with Gasteiger partial charge >= 0.3 is 16.5 Å². The number of carbonyl (C=O) groups excluding carboxylic acids is 1. The number of hydrogen-bond acceptors (Lipinski definition) is 6. The van der Waals surface area contributed by atoms with E-state index in [-0.39, 0.29) is 12.2 Å². The fourth-order valence-electron chi connectivity index (χ4n) is 1.82. The Morgan fingerprint density at radius 3 is 2.83 bits per heavy atom. The first kappa shape index (κ1) is 12.6. The Balaban J connectivity index is 2.30. The number of carbonyl (C=O) groups is 1. The zero-order valence-electron chi connectivity index (χ0n) is 9.34. The highest BCUT2D eigenvalue weighted by molar-refractivity contribution is 7.81. The molecule has 6 nitrogen and oxygen atoms in total. The number of esters is 1. The second kappa shape index (κ2) is 4.45. The topological polar surface area (TPSA) is 81.7 Å². The van der Waals surface area contributed by atoms with Gasteiger partial charge in [-0.05, 0) is 12.1 Å². The van der Waals surface area contributed by atoms with Crippen LogP contribution in [0.15, 0.2) is 18.2 Å². The van der Waals surface area contributed by atoms with E-state index in [1.54, 1.807) is 6.07 Å². The predicted octanol–water partition coefficient (Wildman–Crippen LogP) is 0.789. The third-order valence-corrected chi connectivity index (χ3v) is 2.92. The highest BCUT2D eigenvalue weighted by atomic mass is 32.3. The van der Waals surface area contributed by atoms with Crippen LogP contribution in [0.1, 0.15) is 5.56 Å². The molecule has 0 bridgehead atoms. The molecule has 0 saturated carbocycles. The summed E-state index contributed by atoms with van der Waals surface area (Å²) in [6.45, 7) is 0. The van der Waals surface area contributed by atoms with E-state index < -0.39 is 22.5 Å². The van der Waals surface area contributed by atoms with Gasteiger partial charge in [-0.3, -0.25) is 0 Å². The van der Waals surface area contributed by atoms with Crippen molar-refractivity contribution < 1.29 is 26.0 Å².